The standard InChI is InChI=1S/C22H26N6O4S/c1-22(2,3)18-15-19(28(26-18)21-23-9-4-10-24-21)25-20(29)16-5-7-17(8-6-16)33(30,31)27-11-13-32-14-12-27/h4-10,15H,11-14H2,1-3H3,(H,25,29). The zero-order valence-electron chi connectivity index (χ0n) is 18.7. The van der Waals surface area contributed by atoms with Crippen LogP contribution in [0.5, 0.6) is 0 Å². The van der Waals surface area contributed by atoms with Crippen LogP contribution < -0.4 is 5.32 Å². The highest BCUT2D eigenvalue weighted by Crippen LogP contribution is 2.26. The molecule has 0 radical (unpaired) electrons. The minimum absolute atomic E-state index is 0.138. The van der Waals surface area contributed by atoms with Crippen LogP contribution in [0.2, 0.25) is 0 Å². The van der Waals surface area contributed by atoms with Crippen molar-refractivity contribution in [2.75, 3.05) is 31.6 Å². The van der Waals surface area contributed by atoms with Gasteiger partial charge in [-0.15, -0.1) is 0 Å². The van der Waals surface area contributed by atoms with Crippen molar-refractivity contribution in [2.45, 2.75) is 31.1 Å². The highest BCUT2D eigenvalue weighted by atomic mass is 32.2. The zero-order chi connectivity index (χ0) is 23.6. The number of rotatable bonds is 5. The van der Waals surface area contributed by atoms with Gasteiger partial charge in [-0.05, 0) is 30.3 Å². The molecule has 1 N–H and O–H groups in total. The van der Waals surface area contributed by atoms with E-state index in [-0.39, 0.29) is 10.3 Å². The Balaban J connectivity index is 1.58. The third-order valence-corrected chi connectivity index (χ3v) is 7.10. The highest BCUT2D eigenvalue weighted by Gasteiger charge is 2.27. The average molecular weight is 471 g/mol. The van der Waals surface area contributed by atoms with Gasteiger partial charge in [0.25, 0.3) is 11.9 Å². The maximum Gasteiger partial charge on any atom is 0.256 e. The van der Waals surface area contributed by atoms with Gasteiger partial charge in [0.05, 0.1) is 23.8 Å². The molecule has 33 heavy (non-hydrogen) atoms. The third-order valence-electron chi connectivity index (χ3n) is 5.19. The average Bonchev–Trinajstić information content (AvgIpc) is 3.25. The maximum absolute atomic E-state index is 12.9. The number of hydrogen-bond donors (Lipinski definition) is 1. The number of nitrogens with zero attached hydrogens (tertiary/aromatic N) is 5. The van der Waals surface area contributed by atoms with Gasteiger partial charge in [-0.2, -0.15) is 14.1 Å². The van der Waals surface area contributed by atoms with Crippen molar-refractivity contribution >= 4 is 21.7 Å². The van der Waals surface area contributed by atoms with Gasteiger partial charge in [-0.3, -0.25) is 4.79 Å². The number of morpholine rings is 1. The molecule has 0 unspecified atom stereocenters. The summed E-state index contributed by atoms with van der Waals surface area (Å²) in [5.41, 5.74) is 0.821. The van der Waals surface area contributed by atoms with Crippen molar-refractivity contribution < 1.29 is 17.9 Å². The van der Waals surface area contributed by atoms with Crippen LogP contribution in [0.3, 0.4) is 0 Å². The molecule has 1 fully saturated rings. The van der Waals surface area contributed by atoms with Crippen molar-refractivity contribution in [1.82, 2.24) is 24.1 Å². The van der Waals surface area contributed by atoms with Gasteiger partial charge in [-0.1, -0.05) is 20.8 Å². The molecule has 1 amide bonds. The highest BCUT2D eigenvalue weighted by molar-refractivity contribution is 7.89. The van der Waals surface area contributed by atoms with E-state index in [1.807, 2.05) is 20.8 Å². The van der Waals surface area contributed by atoms with Gasteiger partial charge >= 0.3 is 0 Å². The molecule has 2 aromatic heterocycles. The van der Waals surface area contributed by atoms with E-state index in [2.05, 4.69) is 20.4 Å². The molecule has 1 aliphatic rings. The summed E-state index contributed by atoms with van der Waals surface area (Å²) in [7, 11) is -3.63. The Morgan fingerprint density at radius 2 is 1.70 bits per heavy atom. The van der Waals surface area contributed by atoms with Crippen LogP contribution in [0.15, 0.2) is 53.7 Å². The number of anilines is 1. The molecule has 10 nitrogen and oxygen atoms in total. The van der Waals surface area contributed by atoms with Crippen molar-refractivity contribution in [3.63, 3.8) is 0 Å². The van der Waals surface area contributed by atoms with Crippen LogP contribution in [0.4, 0.5) is 5.82 Å². The van der Waals surface area contributed by atoms with E-state index in [4.69, 9.17) is 4.74 Å². The number of carbonyl (C=O) groups is 1. The molecular formula is C22H26N6O4S. The van der Waals surface area contributed by atoms with E-state index in [1.165, 1.54) is 33.3 Å². The van der Waals surface area contributed by atoms with Crippen molar-refractivity contribution in [3.05, 3.63) is 60.0 Å². The molecule has 0 spiro atoms. The van der Waals surface area contributed by atoms with Crippen LogP contribution in [-0.4, -0.2) is 64.7 Å². The Hall–Kier alpha value is -3.15. The second-order valence-electron chi connectivity index (χ2n) is 8.62. The van der Waals surface area contributed by atoms with E-state index >= 15 is 0 Å². The summed E-state index contributed by atoms with van der Waals surface area (Å²) < 4.78 is 33.7. The van der Waals surface area contributed by atoms with Crippen molar-refractivity contribution in [3.8, 4) is 5.95 Å². The SMILES string of the molecule is CC(C)(C)c1cc(NC(=O)c2ccc(S(=O)(=O)N3CCOCC3)cc2)n(-c2ncccn2)n1. The topological polar surface area (TPSA) is 119 Å². The van der Waals surface area contributed by atoms with Gasteiger partial charge in [0.2, 0.25) is 10.0 Å². The Labute approximate surface area is 192 Å². The first-order chi connectivity index (χ1) is 15.7. The van der Waals surface area contributed by atoms with E-state index in [0.29, 0.717) is 43.6 Å². The molecule has 1 aromatic carbocycles. The molecule has 0 aliphatic carbocycles. The number of amides is 1. The molecule has 0 atom stereocenters. The van der Waals surface area contributed by atoms with Crippen LogP contribution in [0.1, 0.15) is 36.8 Å². The molecule has 3 heterocycles. The van der Waals surface area contributed by atoms with E-state index in [1.54, 1.807) is 24.5 Å². The summed E-state index contributed by atoms with van der Waals surface area (Å²) in [6, 6.07) is 9.35. The van der Waals surface area contributed by atoms with E-state index in [9.17, 15) is 13.2 Å². The summed E-state index contributed by atoms with van der Waals surface area (Å²) in [5, 5.41) is 7.42. The Bertz CT molecular complexity index is 1230. The smallest absolute Gasteiger partial charge is 0.256 e. The molecular weight excluding hydrogens is 444 g/mol. The lowest BCUT2D eigenvalue weighted by molar-refractivity contribution is 0.0730. The van der Waals surface area contributed by atoms with Gasteiger partial charge in [-0.25, -0.2) is 18.4 Å². The summed E-state index contributed by atoms with van der Waals surface area (Å²) in [5.74, 6) is 0.347. The molecule has 0 bridgehead atoms. The lowest BCUT2D eigenvalue weighted by Gasteiger charge is -2.26. The number of hydrogen-bond acceptors (Lipinski definition) is 7. The summed E-state index contributed by atoms with van der Waals surface area (Å²) in [6.07, 6.45) is 3.19. The molecule has 174 valence electrons. The first-order valence-corrected chi connectivity index (χ1v) is 12.0. The number of ether oxygens (including phenoxy) is 1. The fourth-order valence-electron chi connectivity index (χ4n) is 3.29. The fourth-order valence-corrected chi connectivity index (χ4v) is 4.70. The normalized spacial score (nSPS) is 15.4. The number of aromatic nitrogens is 4. The van der Waals surface area contributed by atoms with Gasteiger partial charge in [0.1, 0.15) is 5.82 Å². The Kier molecular flexibility index (Phi) is 6.28. The molecule has 1 saturated heterocycles. The number of sulfonamides is 1. The minimum atomic E-state index is -3.63. The summed E-state index contributed by atoms with van der Waals surface area (Å²) >= 11 is 0. The van der Waals surface area contributed by atoms with Gasteiger partial charge in [0.15, 0.2) is 0 Å². The monoisotopic (exact) mass is 470 g/mol. The van der Waals surface area contributed by atoms with E-state index in [0.717, 1.165) is 5.69 Å². The quantitative estimate of drug-likeness (QED) is 0.607. The maximum atomic E-state index is 12.9. The Morgan fingerprint density at radius 1 is 1.06 bits per heavy atom. The molecule has 1 aliphatic heterocycles. The van der Waals surface area contributed by atoms with Crippen molar-refractivity contribution in [1.29, 1.82) is 0 Å². The fraction of sp³-hybridized carbons (Fsp3) is 0.364. The van der Waals surface area contributed by atoms with Crippen LogP contribution >= 0.6 is 0 Å². The first kappa shape index (κ1) is 23.0. The minimum Gasteiger partial charge on any atom is -0.379 e. The lowest BCUT2D eigenvalue weighted by atomic mass is 9.92. The second kappa shape index (κ2) is 9.00. The molecule has 0 saturated carbocycles. The predicted octanol–water partition coefficient (Wildman–Crippen LogP) is 2.23. The predicted molar refractivity (Wildman–Crippen MR) is 122 cm³/mol. The third kappa shape index (κ3) is 4.95. The van der Waals surface area contributed by atoms with Crippen LogP contribution in [0.25, 0.3) is 5.95 Å². The molecule has 11 heteroatoms. The number of benzene rings is 1. The van der Waals surface area contributed by atoms with Crippen LogP contribution in [0, 0.1) is 0 Å². The van der Waals surface area contributed by atoms with Gasteiger partial charge in [0, 0.05) is 42.5 Å². The summed E-state index contributed by atoms with van der Waals surface area (Å²) in [6.45, 7) is 7.42. The lowest BCUT2D eigenvalue weighted by Crippen LogP contribution is -2.40. The van der Waals surface area contributed by atoms with Gasteiger partial charge < -0.3 is 10.1 Å². The largest absolute Gasteiger partial charge is 0.379 e. The summed E-state index contributed by atoms with van der Waals surface area (Å²) in [4.78, 5) is 21.5. The number of carbonyl (C=O) groups excluding carboxylic acids is 1. The Morgan fingerprint density at radius 3 is 2.30 bits per heavy atom. The second-order valence-corrected chi connectivity index (χ2v) is 10.6. The molecule has 4 rings (SSSR count). The number of nitrogens with one attached hydrogen (secondary N) is 1. The van der Waals surface area contributed by atoms with Crippen LogP contribution in [-0.2, 0) is 20.2 Å². The van der Waals surface area contributed by atoms with E-state index < -0.39 is 15.9 Å². The zero-order valence-corrected chi connectivity index (χ0v) is 19.5. The molecule has 3 aromatic rings. The van der Waals surface area contributed by atoms with Crippen molar-refractivity contribution in [2.24, 2.45) is 0 Å². The first-order valence-electron chi connectivity index (χ1n) is 10.5.